The number of nitrogens with zero attached hydrogens (tertiary/aromatic N) is 1. The summed E-state index contributed by atoms with van der Waals surface area (Å²) in [5.41, 5.74) is 2.49. The summed E-state index contributed by atoms with van der Waals surface area (Å²) in [5, 5.41) is 0. The standard InChI is InChI=1S/C13H16N2O/c1-10-5-3-4-6-12(10)11(2)16-9-13-14-7-8-15-13/h3-8,11H,9H2,1-2H3,(H,14,15). The predicted octanol–water partition coefficient (Wildman–Crippen LogP) is 3.00. The molecule has 3 nitrogen and oxygen atoms in total. The molecule has 3 heteroatoms. The molecule has 2 rings (SSSR count). The molecule has 1 unspecified atom stereocenters. The normalized spacial score (nSPS) is 12.6. The van der Waals surface area contributed by atoms with Crippen LogP contribution in [0.2, 0.25) is 0 Å². The molecule has 1 heterocycles. The molecule has 0 aliphatic heterocycles. The van der Waals surface area contributed by atoms with Crippen molar-refractivity contribution in [3.05, 3.63) is 53.6 Å². The third-order valence-corrected chi connectivity index (χ3v) is 2.65. The molecule has 1 aromatic carbocycles. The van der Waals surface area contributed by atoms with Gasteiger partial charge in [-0.3, -0.25) is 0 Å². The van der Waals surface area contributed by atoms with Gasteiger partial charge in [-0.2, -0.15) is 0 Å². The van der Waals surface area contributed by atoms with E-state index in [9.17, 15) is 0 Å². The number of aromatic nitrogens is 2. The van der Waals surface area contributed by atoms with Gasteiger partial charge in [0.1, 0.15) is 12.4 Å². The van der Waals surface area contributed by atoms with E-state index in [1.165, 1.54) is 11.1 Å². The van der Waals surface area contributed by atoms with Crippen LogP contribution >= 0.6 is 0 Å². The highest BCUT2D eigenvalue weighted by molar-refractivity contribution is 5.27. The van der Waals surface area contributed by atoms with Crippen molar-refractivity contribution in [3.63, 3.8) is 0 Å². The number of rotatable bonds is 4. The number of ether oxygens (including phenoxy) is 1. The van der Waals surface area contributed by atoms with Gasteiger partial charge >= 0.3 is 0 Å². The van der Waals surface area contributed by atoms with Crippen molar-refractivity contribution in [1.29, 1.82) is 0 Å². The third kappa shape index (κ3) is 2.49. The topological polar surface area (TPSA) is 37.9 Å². The van der Waals surface area contributed by atoms with Crippen LogP contribution in [0.4, 0.5) is 0 Å². The molecule has 1 atom stereocenters. The molecular weight excluding hydrogens is 200 g/mol. The Morgan fingerprint density at radius 3 is 2.88 bits per heavy atom. The number of aryl methyl sites for hydroxylation is 1. The maximum absolute atomic E-state index is 5.76. The number of benzene rings is 1. The lowest BCUT2D eigenvalue weighted by atomic mass is 10.0. The lowest BCUT2D eigenvalue weighted by molar-refractivity contribution is 0.0483. The SMILES string of the molecule is Cc1ccccc1C(C)OCc1ncc[nH]1. The second-order valence-corrected chi connectivity index (χ2v) is 3.85. The van der Waals surface area contributed by atoms with E-state index in [4.69, 9.17) is 4.74 Å². The molecule has 0 spiro atoms. The minimum atomic E-state index is 0.0892. The van der Waals surface area contributed by atoms with Crippen molar-refractivity contribution in [1.82, 2.24) is 9.97 Å². The first-order valence-corrected chi connectivity index (χ1v) is 5.43. The van der Waals surface area contributed by atoms with E-state index in [0.29, 0.717) is 6.61 Å². The molecule has 16 heavy (non-hydrogen) atoms. The second kappa shape index (κ2) is 4.94. The number of aromatic amines is 1. The zero-order chi connectivity index (χ0) is 11.4. The Morgan fingerprint density at radius 1 is 1.38 bits per heavy atom. The lowest BCUT2D eigenvalue weighted by Crippen LogP contribution is -2.03. The van der Waals surface area contributed by atoms with Crippen LogP contribution in [0.15, 0.2) is 36.7 Å². The number of hydrogen-bond acceptors (Lipinski definition) is 2. The van der Waals surface area contributed by atoms with Crippen LogP contribution in [0, 0.1) is 6.92 Å². The van der Waals surface area contributed by atoms with Gasteiger partial charge in [-0.25, -0.2) is 4.98 Å². The van der Waals surface area contributed by atoms with Gasteiger partial charge in [-0.1, -0.05) is 24.3 Å². The number of imidazole rings is 1. The molecule has 0 aliphatic carbocycles. The fraction of sp³-hybridized carbons (Fsp3) is 0.308. The Morgan fingerprint density at radius 2 is 2.19 bits per heavy atom. The van der Waals surface area contributed by atoms with Crippen LogP contribution < -0.4 is 0 Å². The minimum absolute atomic E-state index is 0.0892. The summed E-state index contributed by atoms with van der Waals surface area (Å²) < 4.78 is 5.76. The molecule has 0 bridgehead atoms. The predicted molar refractivity (Wildman–Crippen MR) is 63.0 cm³/mol. The summed E-state index contributed by atoms with van der Waals surface area (Å²) >= 11 is 0. The number of nitrogens with one attached hydrogen (secondary N) is 1. The first-order chi connectivity index (χ1) is 7.77. The number of H-pyrrole nitrogens is 1. The maximum atomic E-state index is 5.76. The maximum Gasteiger partial charge on any atom is 0.132 e. The van der Waals surface area contributed by atoms with E-state index in [-0.39, 0.29) is 6.10 Å². The average molecular weight is 216 g/mol. The Balaban J connectivity index is 1.98. The largest absolute Gasteiger partial charge is 0.366 e. The van der Waals surface area contributed by atoms with Crippen LogP contribution in [0.3, 0.4) is 0 Å². The molecule has 1 aromatic heterocycles. The Bertz CT molecular complexity index is 437. The Hall–Kier alpha value is -1.61. The van der Waals surface area contributed by atoms with Crippen molar-refractivity contribution in [2.45, 2.75) is 26.6 Å². The lowest BCUT2D eigenvalue weighted by Gasteiger charge is -2.14. The molecule has 0 aliphatic rings. The summed E-state index contributed by atoms with van der Waals surface area (Å²) in [6.45, 7) is 4.68. The third-order valence-electron chi connectivity index (χ3n) is 2.65. The molecule has 0 saturated carbocycles. The first kappa shape index (κ1) is 10.9. The van der Waals surface area contributed by atoms with Gasteiger partial charge in [0.2, 0.25) is 0 Å². The highest BCUT2D eigenvalue weighted by atomic mass is 16.5. The zero-order valence-corrected chi connectivity index (χ0v) is 9.60. The summed E-state index contributed by atoms with van der Waals surface area (Å²) in [6, 6.07) is 8.28. The molecule has 84 valence electrons. The van der Waals surface area contributed by atoms with Crippen LogP contribution in [-0.4, -0.2) is 9.97 Å². The first-order valence-electron chi connectivity index (χ1n) is 5.43. The van der Waals surface area contributed by atoms with Crippen molar-refractivity contribution >= 4 is 0 Å². The number of hydrogen-bond donors (Lipinski definition) is 1. The van der Waals surface area contributed by atoms with Gasteiger partial charge < -0.3 is 9.72 Å². The van der Waals surface area contributed by atoms with Crippen molar-refractivity contribution in [3.8, 4) is 0 Å². The zero-order valence-electron chi connectivity index (χ0n) is 9.60. The summed E-state index contributed by atoms with van der Waals surface area (Å²) in [7, 11) is 0. The molecular formula is C13H16N2O. The second-order valence-electron chi connectivity index (χ2n) is 3.85. The summed E-state index contributed by atoms with van der Waals surface area (Å²) in [6.07, 6.45) is 3.63. The highest BCUT2D eigenvalue weighted by Crippen LogP contribution is 2.20. The van der Waals surface area contributed by atoms with E-state index >= 15 is 0 Å². The van der Waals surface area contributed by atoms with Crippen molar-refractivity contribution in [2.24, 2.45) is 0 Å². The van der Waals surface area contributed by atoms with Gasteiger partial charge in [0.05, 0.1) is 6.10 Å². The van der Waals surface area contributed by atoms with Gasteiger partial charge in [-0.05, 0) is 25.0 Å². The summed E-state index contributed by atoms with van der Waals surface area (Å²) in [5.74, 6) is 0.862. The monoisotopic (exact) mass is 216 g/mol. The van der Waals surface area contributed by atoms with Gasteiger partial charge in [0.25, 0.3) is 0 Å². The van der Waals surface area contributed by atoms with Crippen LogP contribution in [0.1, 0.15) is 30.0 Å². The Labute approximate surface area is 95.5 Å². The van der Waals surface area contributed by atoms with Gasteiger partial charge in [-0.15, -0.1) is 0 Å². The van der Waals surface area contributed by atoms with E-state index in [2.05, 4.69) is 35.9 Å². The van der Waals surface area contributed by atoms with E-state index in [1.807, 2.05) is 12.1 Å². The van der Waals surface area contributed by atoms with Crippen molar-refractivity contribution in [2.75, 3.05) is 0 Å². The average Bonchev–Trinajstić information content (AvgIpc) is 2.79. The van der Waals surface area contributed by atoms with Crippen LogP contribution in [-0.2, 0) is 11.3 Å². The van der Waals surface area contributed by atoms with Gasteiger partial charge in [0.15, 0.2) is 0 Å². The van der Waals surface area contributed by atoms with Gasteiger partial charge in [0, 0.05) is 12.4 Å². The van der Waals surface area contributed by atoms with E-state index in [1.54, 1.807) is 12.4 Å². The summed E-state index contributed by atoms with van der Waals surface area (Å²) in [4.78, 5) is 7.15. The molecule has 0 saturated heterocycles. The minimum Gasteiger partial charge on any atom is -0.366 e. The smallest absolute Gasteiger partial charge is 0.132 e. The van der Waals surface area contributed by atoms with Crippen LogP contribution in [0.5, 0.6) is 0 Å². The van der Waals surface area contributed by atoms with Crippen molar-refractivity contribution < 1.29 is 4.74 Å². The molecule has 2 aromatic rings. The van der Waals surface area contributed by atoms with Crippen LogP contribution in [0.25, 0.3) is 0 Å². The molecule has 0 radical (unpaired) electrons. The Kier molecular flexibility index (Phi) is 3.37. The highest BCUT2D eigenvalue weighted by Gasteiger charge is 2.08. The quantitative estimate of drug-likeness (QED) is 0.853. The molecule has 0 fully saturated rings. The fourth-order valence-electron chi connectivity index (χ4n) is 1.71. The van der Waals surface area contributed by atoms with E-state index in [0.717, 1.165) is 5.82 Å². The fourth-order valence-corrected chi connectivity index (χ4v) is 1.71. The molecule has 0 amide bonds. The van der Waals surface area contributed by atoms with E-state index < -0.39 is 0 Å². The molecule has 1 N–H and O–H groups in total.